The smallest absolute Gasteiger partial charge is 0.246 e. The highest BCUT2D eigenvalue weighted by atomic mass is 16.5. The number of benzene rings is 1. The first kappa shape index (κ1) is 16.9. The van der Waals surface area contributed by atoms with E-state index in [0.29, 0.717) is 30.1 Å². The Morgan fingerprint density at radius 1 is 1.29 bits per heavy atom. The van der Waals surface area contributed by atoms with Crippen LogP contribution in [0.25, 0.3) is 22.3 Å². The molecule has 5 rings (SSSR count). The van der Waals surface area contributed by atoms with Gasteiger partial charge in [0, 0.05) is 22.6 Å². The monoisotopic (exact) mass is 376 g/mol. The van der Waals surface area contributed by atoms with E-state index in [2.05, 4.69) is 27.8 Å². The number of hydrogen-bond acceptors (Lipinski definition) is 5. The van der Waals surface area contributed by atoms with E-state index in [1.807, 2.05) is 23.1 Å². The fourth-order valence-electron chi connectivity index (χ4n) is 4.46. The molecule has 142 valence electrons. The molecule has 2 aromatic heterocycles. The highest BCUT2D eigenvalue weighted by molar-refractivity contribution is 5.88. The van der Waals surface area contributed by atoms with Gasteiger partial charge in [-0.3, -0.25) is 4.79 Å². The molecule has 1 amide bonds. The van der Waals surface area contributed by atoms with Crippen molar-refractivity contribution < 1.29 is 14.6 Å². The van der Waals surface area contributed by atoms with E-state index in [1.165, 1.54) is 6.08 Å². The number of fused-ring (bicyclic) bond motifs is 3. The predicted octanol–water partition coefficient (Wildman–Crippen LogP) is 2.60. The first-order valence-corrected chi connectivity index (χ1v) is 9.33. The Bertz CT molecular complexity index is 1080. The molecule has 7 nitrogen and oxygen atoms in total. The van der Waals surface area contributed by atoms with Crippen LogP contribution in [0.5, 0.6) is 5.75 Å². The molecule has 1 aromatic carbocycles. The Kier molecular flexibility index (Phi) is 3.91. The molecule has 2 saturated heterocycles. The molecule has 0 aliphatic carbocycles. The van der Waals surface area contributed by atoms with Crippen molar-refractivity contribution in [2.45, 2.75) is 24.4 Å². The number of morpholine rings is 1. The third kappa shape index (κ3) is 2.58. The number of hydrogen-bond donors (Lipinski definition) is 2. The Balaban J connectivity index is 1.51. The van der Waals surface area contributed by atoms with Gasteiger partial charge in [-0.1, -0.05) is 18.7 Å². The van der Waals surface area contributed by atoms with E-state index in [4.69, 9.17) is 4.74 Å². The normalized spacial score (nSPS) is 23.9. The Morgan fingerprint density at radius 2 is 2.14 bits per heavy atom. The number of aromatic hydroxyl groups is 1. The average Bonchev–Trinajstić information content (AvgIpc) is 3.23. The van der Waals surface area contributed by atoms with Crippen LogP contribution in [0.15, 0.2) is 49.1 Å². The van der Waals surface area contributed by atoms with E-state index in [9.17, 15) is 9.90 Å². The zero-order valence-electron chi connectivity index (χ0n) is 15.2. The second-order valence-electron chi connectivity index (χ2n) is 7.33. The van der Waals surface area contributed by atoms with Gasteiger partial charge in [0.1, 0.15) is 5.75 Å². The molecule has 2 aliphatic rings. The predicted molar refractivity (Wildman–Crippen MR) is 104 cm³/mol. The van der Waals surface area contributed by atoms with Crippen molar-refractivity contribution in [1.82, 2.24) is 20.1 Å². The Morgan fingerprint density at radius 3 is 2.96 bits per heavy atom. The average molecular weight is 376 g/mol. The molecular weight excluding hydrogens is 356 g/mol. The molecule has 7 heteroatoms. The molecule has 3 atom stereocenters. The molecule has 3 aromatic rings. The zero-order chi connectivity index (χ0) is 19.3. The summed E-state index contributed by atoms with van der Waals surface area (Å²) < 4.78 is 5.70. The molecule has 0 saturated carbocycles. The van der Waals surface area contributed by atoms with E-state index in [0.717, 1.165) is 17.5 Å². The minimum atomic E-state index is -0.0430. The molecule has 2 fully saturated rings. The number of aromatic amines is 1. The lowest BCUT2D eigenvalue weighted by Gasteiger charge is -2.34. The lowest BCUT2D eigenvalue weighted by molar-refractivity contribution is -0.135. The largest absolute Gasteiger partial charge is 0.507 e. The Labute approximate surface area is 161 Å². The number of aromatic nitrogens is 3. The minimum absolute atomic E-state index is 0.0112. The van der Waals surface area contributed by atoms with Gasteiger partial charge >= 0.3 is 0 Å². The van der Waals surface area contributed by atoms with Gasteiger partial charge in [0.15, 0.2) is 5.65 Å². The summed E-state index contributed by atoms with van der Waals surface area (Å²) in [6, 6.07) is 11.1. The van der Waals surface area contributed by atoms with Crippen molar-refractivity contribution in [3.05, 3.63) is 54.7 Å². The van der Waals surface area contributed by atoms with E-state index in [1.54, 1.807) is 12.1 Å². The quantitative estimate of drug-likeness (QED) is 0.686. The van der Waals surface area contributed by atoms with Crippen molar-refractivity contribution in [3.8, 4) is 17.0 Å². The van der Waals surface area contributed by atoms with Crippen LogP contribution in [0.2, 0.25) is 0 Å². The molecule has 0 unspecified atom stereocenters. The summed E-state index contributed by atoms with van der Waals surface area (Å²) in [6.07, 6.45) is 2.22. The number of carbonyl (C=O) groups is 1. The summed E-state index contributed by atoms with van der Waals surface area (Å²) in [4.78, 5) is 17.6. The van der Waals surface area contributed by atoms with Crippen LogP contribution in [-0.2, 0) is 9.53 Å². The summed E-state index contributed by atoms with van der Waals surface area (Å²) in [5, 5.41) is 19.6. The second kappa shape index (κ2) is 6.45. The van der Waals surface area contributed by atoms with Crippen LogP contribution in [0.1, 0.15) is 18.0 Å². The summed E-state index contributed by atoms with van der Waals surface area (Å²) in [5.74, 6) is 0.282. The van der Waals surface area contributed by atoms with Gasteiger partial charge in [0.05, 0.1) is 31.0 Å². The molecule has 4 heterocycles. The van der Waals surface area contributed by atoms with Gasteiger partial charge < -0.3 is 19.7 Å². The van der Waals surface area contributed by atoms with Crippen LogP contribution in [-0.4, -0.2) is 56.4 Å². The van der Waals surface area contributed by atoms with E-state index >= 15 is 0 Å². The van der Waals surface area contributed by atoms with Crippen molar-refractivity contribution in [2.75, 3.05) is 13.2 Å². The fraction of sp³-hybridized carbons (Fsp3) is 0.286. The van der Waals surface area contributed by atoms with Crippen LogP contribution in [0.3, 0.4) is 0 Å². The topological polar surface area (TPSA) is 91.3 Å². The maximum absolute atomic E-state index is 12.3. The minimum Gasteiger partial charge on any atom is -0.507 e. The third-order valence-corrected chi connectivity index (χ3v) is 5.75. The Hall–Kier alpha value is -3.19. The van der Waals surface area contributed by atoms with Gasteiger partial charge in [-0.05, 0) is 36.8 Å². The van der Waals surface area contributed by atoms with Crippen LogP contribution < -0.4 is 0 Å². The lowest BCUT2D eigenvalue weighted by atomic mass is 9.96. The summed E-state index contributed by atoms with van der Waals surface area (Å²) in [6.45, 7) is 4.71. The number of phenolic OH excluding ortho intramolecular Hbond substituents is 1. The second-order valence-corrected chi connectivity index (χ2v) is 7.33. The number of nitrogens with zero attached hydrogens (tertiary/aromatic N) is 3. The highest BCUT2D eigenvalue weighted by Gasteiger charge is 2.47. The SMILES string of the molecule is C=CC(=O)N1[C@@H]2COC[C@H]1[C@H](c1cc3cc(-c4ccccc4O)nnc3[nH]1)C2. The zero-order valence-corrected chi connectivity index (χ0v) is 15.2. The molecule has 2 aliphatic heterocycles. The first-order chi connectivity index (χ1) is 13.7. The standard InChI is InChI=1S/C21H20N4O3/c1-2-20(27)25-13-9-15(18(25)11-28-10-13)16-7-12-8-17(23-24-21(12)22-16)14-5-3-4-6-19(14)26/h2-8,13,15,18,26H,1,9-11H2,(H,22,24)/t13-,15-,18-/m0/s1. The molecule has 0 radical (unpaired) electrons. The lowest BCUT2D eigenvalue weighted by Crippen LogP contribution is -2.49. The summed E-state index contributed by atoms with van der Waals surface area (Å²) >= 11 is 0. The number of H-pyrrole nitrogens is 1. The highest BCUT2D eigenvalue weighted by Crippen LogP contribution is 2.41. The number of phenols is 1. The summed E-state index contributed by atoms with van der Waals surface area (Å²) in [5.41, 5.74) is 2.98. The number of nitrogens with one attached hydrogen (secondary N) is 1. The molecule has 2 bridgehead atoms. The van der Waals surface area contributed by atoms with Crippen molar-refractivity contribution >= 4 is 16.9 Å². The molecular formula is C21H20N4O3. The third-order valence-electron chi connectivity index (χ3n) is 5.75. The maximum Gasteiger partial charge on any atom is 0.246 e. The van der Waals surface area contributed by atoms with Crippen molar-refractivity contribution in [2.24, 2.45) is 0 Å². The van der Waals surface area contributed by atoms with E-state index < -0.39 is 0 Å². The van der Waals surface area contributed by atoms with Gasteiger partial charge in [0.2, 0.25) is 5.91 Å². The number of ether oxygens (including phenoxy) is 1. The number of rotatable bonds is 3. The maximum atomic E-state index is 12.3. The van der Waals surface area contributed by atoms with Gasteiger partial charge in [-0.2, -0.15) is 0 Å². The number of amides is 1. The number of para-hydroxylation sites is 1. The van der Waals surface area contributed by atoms with Crippen molar-refractivity contribution in [1.29, 1.82) is 0 Å². The van der Waals surface area contributed by atoms with E-state index in [-0.39, 0.29) is 29.7 Å². The van der Waals surface area contributed by atoms with Crippen LogP contribution >= 0.6 is 0 Å². The van der Waals surface area contributed by atoms with Crippen LogP contribution in [0, 0.1) is 0 Å². The van der Waals surface area contributed by atoms with Crippen LogP contribution in [0.4, 0.5) is 0 Å². The van der Waals surface area contributed by atoms with Gasteiger partial charge in [-0.25, -0.2) is 0 Å². The van der Waals surface area contributed by atoms with Crippen molar-refractivity contribution in [3.63, 3.8) is 0 Å². The molecule has 28 heavy (non-hydrogen) atoms. The first-order valence-electron chi connectivity index (χ1n) is 9.33. The number of carbonyl (C=O) groups excluding carboxylic acids is 1. The molecule has 0 spiro atoms. The fourth-order valence-corrected chi connectivity index (χ4v) is 4.46. The summed E-state index contributed by atoms with van der Waals surface area (Å²) in [7, 11) is 0. The molecule has 2 N–H and O–H groups in total. The van der Waals surface area contributed by atoms with Gasteiger partial charge in [-0.15, -0.1) is 10.2 Å². The van der Waals surface area contributed by atoms with Gasteiger partial charge in [0.25, 0.3) is 0 Å².